The van der Waals surface area contributed by atoms with Gasteiger partial charge in [-0.25, -0.2) is 4.79 Å². The molecule has 3 aromatic rings. The summed E-state index contributed by atoms with van der Waals surface area (Å²) < 4.78 is 0. The monoisotopic (exact) mass is 598 g/mol. The number of rotatable bonds is 22. The topological polar surface area (TPSA) is 77.8 Å². The van der Waals surface area contributed by atoms with Crippen molar-refractivity contribution in [3.8, 4) is 0 Å². The van der Waals surface area contributed by atoms with E-state index in [4.69, 9.17) is 0 Å². The van der Waals surface area contributed by atoms with Crippen LogP contribution in [0.2, 0.25) is 0 Å². The van der Waals surface area contributed by atoms with E-state index in [9.17, 15) is 20.1 Å². The number of benzene rings is 3. The first-order valence-electron chi connectivity index (χ1n) is 16.9. The smallest absolute Gasteiger partial charge is 0.339 e. The third-order valence-electron chi connectivity index (χ3n) is 8.87. The number of unbranched alkanes of at least 4 members (excludes halogenated alkanes) is 11. The van der Waals surface area contributed by atoms with Crippen LogP contribution in [0, 0.1) is 0 Å². The summed E-state index contributed by atoms with van der Waals surface area (Å²) in [6, 6.07) is 28.7. The molecule has 4 nitrogen and oxygen atoms in total. The Kier molecular flexibility index (Phi) is 16.0. The molecule has 0 aliphatic carbocycles. The van der Waals surface area contributed by atoms with Gasteiger partial charge in [-0.05, 0) is 48.8 Å². The fraction of sp³-hybridized carbons (Fsp3) is 0.475. The molecule has 0 aromatic heterocycles. The van der Waals surface area contributed by atoms with E-state index in [0.717, 1.165) is 43.2 Å². The standard InChI is InChI=1S/C40H54O4/c1-2-3-4-5-6-7-8-9-10-11-12-13-14-15-25-32-36(41)40(44,39(42)43)38(35-30-23-18-24-31-35)37(33-26-19-16-20-27-33)34-28-21-17-22-29-34/h9-10,16-24,26-31,36-38,41,44H,2-8,11-15,25,32H2,1H3,(H,42,43)/t36-,38?,40-/m1/s1. The van der Waals surface area contributed by atoms with E-state index in [-0.39, 0.29) is 6.42 Å². The van der Waals surface area contributed by atoms with Crippen LogP contribution >= 0.6 is 0 Å². The lowest BCUT2D eigenvalue weighted by Gasteiger charge is -2.41. The minimum Gasteiger partial charge on any atom is -0.479 e. The Bertz CT molecular complexity index is 1150. The number of aliphatic carboxylic acids is 1. The van der Waals surface area contributed by atoms with Crippen molar-refractivity contribution in [2.75, 3.05) is 0 Å². The average Bonchev–Trinajstić information content (AvgIpc) is 3.06. The maximum Gasteiger partial charge on any atom is 0.339 e. The Labute approximate surface area is 265 Å². The van der Waals surface area contributed by atoms with Gasteiger partial charge in [-0.2, -0.15) is 0 Å². The molecule has 0 radical (unpaired) electrons. The van der Waals surface area contributed by atoms with E-state index in [2.05, 4.69) is 19.1 Å². The highest BCUT2D eigenvalue weighted by atomic mass is 16.4. The molecule has 0 aliphatic rings. The second kappa shape index (κ2) is 19.9. The largest absolute Gasteiger partial charge is 0.479 e. The van der Waals surface area contributed by atoms with Crippen LogP contribution in [0.15, 0.2) is 103 Å². The normalized spacial score (nSPS) is 14.5. The van der Waals surface area contributed by atoms with Crippen molar-refractivity contribution < 1.29 is 20.1 Å². The summed E-state index contributed by atoms with van der Waals surface area (Å²) in [4.78, 5) is 13.0. The second-order valence-corrected chi connectivity index (χ2v) is 12.2. The molecule has 44 heavy (non-hydrogen) atoms. The highest BCUT2D eigenvalue weighted by Gasteiger charge is 2.54. The van der Waals surface area contributed by atoms with Gasteiger partial charge in [-0.1, -0.05) is 168 Å². The van der Waals surface area contributed by atoms with Crippen LogP contribution in [0.25, 0.3) is 0 Å². The SMILES string of the molecule is CCCCCCCCC=CCCCCCCC[C@@H](O)[C@](O)(C(=O)O)C(c1ccccc1)C(c1ccccc1)c1ccccc1. The molecule has 0 heterocycles. The van der Waals surface area contributed by atoms with Gasteiger partial charge in [-0.15, -0.1) is 0 Å². The molecule has 3 N–H and O–H groups in total. The Balaban J connectivity index is 1.62. The molecule has 0 aliphatic heterocycles. The maximum atomic E-state index is 13.0. The van der Waals surface area contributed by atoms with Crippen LogP contribution in [-0.4, -0.2) is 33.0 Å². The van der Waals surface area contributed by atoms with Gasteiger partial charge in [-0.3, -0.25) is 0 Å². The van der Waals surface area contributed by atoms with E-state index in [1.807, 2.05) is 91.0 Å². The Hall–Kier alpha value is -3.21. The predicted molar refractivity (Wildman–Crippen MR) is 182 cm³/mol. The first-order chi connectivity index (χ1) is 21.5. The average molecular weight is 599 g/mol. The fourth-order valence-corrected chi connectivity index (χ4v) is 6.37. The van der Waals surface area contributed by atoms with Crippen molar-refractivity contribution >= 4 is 5.97 Å². The first kappa shape index (κ1) is 35.3. The lowest BCUT2D eigenvalue weighted by molar-refractivity contribution is -0.177. The van der Waals surface area contributed by atoms with Crippen molar-refractivity contribution in [2.45, 2.75) is 120 Å². The van der Waals surface area contributed by atoms with Crippen molar-refractivity contribution in [2.24, 2.45) is 0 Å². The van der Waals surface area contributed by atoms with E-state index < -0.39 is 29.5 Å². The van der Waals surface area contributed by atoms with Crippen LogP contribution in [0.1, 0.15) is 125 Å². The molecule has 0 saturated carbocycles. The number of hydrogen-bond acceptors (Lipinski definition) is 3. The van der Waals surface area contributed by atoms with Crippen LogP contribution in [0.4, 0.5) is 0 Å². The molecular formula is C40H54O4. The molecular weight excluding hydrogens is 544 g/mol. The minimum absolute atomic E-state index is 0.223. The summed E-state index contributed by atoms with van der Waals surface area (Å²) >= 11 is 0. The van der Waals surface area contributed by atoms with Gasteiger partial charge in [0.2, 0.25) is 0 Å². The molecule has 0 amide bonds. The summed E-state index contributed by atoms with van der Waals surface area (Å²) in [6.45, 7) is 2.25. The molecule has 3 rings (SSSR count). The molecule has 4 heteroatoms. The lowest BCUT2D eigenvalue weighted by Crippen LogP contribution is -2.55. The molecule has 0 spiro atoms. The third-order valence-corrected chi connectivity index (χ3v) is 8.87. The number of aliphatic hydroxyl groups is 2. The van der Waals surface area contributed by atoms with E-state index >= 15 is 0 Å². The van der Waals surface area contributed by atoms with E-state index in [1.165, 1.54) is 44.9 Å². The van der Waals surface area contributed by atoms with E-state index in [0.29, 0.717) is 12.0 Å². The van der Waals surface area contributed by atoms with Crippen LogP contribution < -0.4 is 0 Å². The summed E-state index contributed by atoms with van der Waals surface area (Å²) in [5, 5.41) is 34.2. The zero-order chi connectivity index (χ0) is 31.5. The highest BCUT2D eigenvalue weighted by Crippen LogP contribution is 2.47. The van der Waals surface area contributed by atoms with Crippen LogP contribution in [0.5, 0.6) is 0 Å². The van der Waals surface area contributed by atoms with Gasteiger partial charge in [0.05, 0.1) is 6.10 Å². The van der Waals surface area contributed by atoms with Gasteiger partial charge >= 0.3 is 5.97 Å². The van der Waals surface area contributed by atoms with Gasteiger partial charge in [0.1, 0.15) is 0 Å². The number of carboxylic acids is 1. The quantitative estimate of drug-likeness (QED) is 0.0794. The summed E-state index contributed by atoms with van der Waals surface area (Å²) in [7, 11) is 0. The number of aliphatic hydroxyl groups excluding tert-OH is 1. The lowest BCUT2D eigenvalue weighted by atomic mass is 9.66. The molecule has 0 fully saturated rings. The van der Waals surface area contributed by atoms with Gasteiger partial charge < -0.3 is 15.3 Å². The number of carboxylic acid groups (broad SMARTS) is 1. The maximum absolute atomic E-state index is 13.0. The molecule has 3 aromatic carbocycles. The molecule has 238 valence electrons. The zero-order valence-corrected chi connectivity index (χ0v) is 26.7. The number of allylic oxidation sites excluding steroid dienone is 2. The Morgan fingerprint density at radius 1 is 0.636 bits per heavy atom. The molecule has 0 saturated heterocycles. The fourth-order valence-electron chi connectivity index (χ4n) is 6.37. The van der Waals surface area contributed by atoms with Crippen LogP contribution in [-0.2, 0) is 4.79 Å². The first-order valence-corrected chi connectivity index (χ1v) is 16.9. The minimum atomic E-state index is -2.39. The van der Waals surface area contributed by atoms with Gasteiger partial charge in [0.25, 0.3) is 0 Å². The second-order valence-electron chi connectivity index (χ2n) is 12.2. The summed E-state index contributed by atoms with van der Waals surface area (Å²) in [5.74, 6) is -2.79. The Morgan fingerprint density at radius 3 is 1.50 bits per heavy atom. The Morgan fingerprint density at radius 2 is 1.05 bits per heavy atom. The van der Waals surface area contributed by atoms with Gasteiger partial charge in [0.15, 0.2) is 5.60 Å². The van der Waals surface area contributed by atoms with Gasteiger partial charge in [0, 0.05) is 11.8 Å². The van der Waals surface area contributed by atoms with Crippen molar-refractivity contribution in [1.82, 2.24) is 0 Å². The van der Waals surface area contributed by atoms with Crippen LogP contribution in [0.3, 0.4) is 0 Å². The summed E-state index contributed by atoms with van der Waals surface area (Å²) in [5.41, 5.74) is 0.0676. The highest BCUT2D eigenvalue weighted by molar-refractivity contribution is 5.80. The predicted octanol–water partition coefficient (Wildman–Crippen LogP) is 9.82. The van der Waals surface area contributed by atoms with Crippen molar-refractivity contribution in [1.29, 1.82) is 0 Å². The molecule has 0 bridgehead atoms. The zero-order valence-electron chi connectivity index (χ0n) is 26.7. The van der Waals surface area contributed by atoms with Crippen molar-refractivity contribution in [3.05, 3.63) is 120 Å². The molecule has 3 atom stereocenters. The summed E-state index contributed by atoms with van der Waals surface area (Å²) in [6.07, 6.45) is 18.5. The number of carbonyl (C=O) groups is 1. The third kappa shape index (κ3) is 10.7. The molecule has 1 unspecified atom stereocenters. The number of hydrogen-bond donors (Lipinski definition) is 3. The van der Waals surface area contributed by atoms with Crippen molar-refractivity contribution in [3.63, 3.8) is 0 Å². The van der Waals surface area contributed by atoms with E-state index in [1.54, 1.807) is 0 Å².